The molecule has 0 aliphatic rings. The molecule has 0 radical (unpaired) electrons. The third-order valence-corrected chi connectivity index (χ3v) is 3.50. The first-order valence-corrected chi connectivity index (χ1v) is 6.25. The Morgan fingerprint density at radius 1 is 1.05 bits per heavy atom. The minimum absolute atomic E-state index is 0.0244. The molecule has 0 saturated carbocycles. The van der Waals surface area contributed by atoms with Crippen LogP contribution in [0.1, 0.15) is 5.56 Å². The summed E-state index contributed by atoms with van der Waals surface area (Å²) in [6.07, 6.45) is 0. The van der Waals surface area contributed by atoms with Crippen LogP contribution >= 0.6 is 12.2 Å². The maximum absolute atomic E-state index is 14.0. The Morgan fingerprint density at radius 2 is 1.80 bits per heavy atom. The lowest BCUT2D eigenvalue weighted by molar-refractivity contribution is 0.514. The molecule has 0 atom stereocenters. The van der Waals surface area contributed by atoms with E-state index in [4.69, 9.17) is 12.2 Å². The van der Waals surface area contributed by atoms with Gasteiger partial charge in [0.25, 0.3) is 0 Å². The Labute approximate surface area is 117 Å². The molecule has 102 valence electrons. The van der Waals surface area contributed by atoms with Crippen molar-refractivity contribution in [2.24, 2.45) is 0 Å². The summed E-state index contributed by atoms with van der Waals surface area (Å²) in [7, 11) is 0. The normalized spacial score (nSPS) is 11.2. The minimum Gasteiger partial charge on any atom is -0.330 e. The van der Waals surface area contributed by atoms with Gasteiger partial charge in [0.05, 0.1) is 11.2 Å². The van der Waals surface area contributed by atoms with Gasteiger partial charge in [0.1, 0.15) is 11.3 Å². The molecule has 20 heavy (non-hydrogen) atoms. The lowest BCUT2D eigenvalue weighted by atomic mass is 10.2. The smallest absolute Gasteiger partial charge is 0.184 e. The lowest BCUT2D eigenvalue weighted by Crippen LogP contribution is -2.01. The molecule has 1 heterocycles. The number of nitrogens with one attached hydrogen (secondary N) is 1. The molecule has 1 N–H and O–H groups in total. The molecular formula is C14H9F3N2S. The van der Waals surface area contributed by atoms with Crippen molar-refractivity contribution in [3.05, 3.63) is 58.1 Å². The van der Waals surface area contributed by atoms with E-state index < -0.39 is 17.5 Å². The Bertz CT molecular complexity index is 880. The molecule has 2 nitrogen and oxygen atoms in total. The number of hydrogen-bond acceptors (Lipinski definition) is 1. The Kier molecular flexibility index (Phi) is 2.90. The van der Waals surface area contributed by atoms with Crippen molar-refractivity contribution in [1.29, 1.82) is 0 Å². The first-order chi connectivity index (χ1) is 9.50. The van der Waals surface area contributed by atoms with Gasteiger partial charge in [0.15, 0.2) is 16.4 Å². The highest BCUT2D eigenvalue weighted by Crippen LogP contribution is 2.26. The zero-order chi connectivity index (χ0) is 14.4. The molecule has 3 rings (SSSR count). The van der Waals surface area contributed by atoms with Crippen molar-refractivity contribution < 1.29 is 13.2 Å². The van der Waals surface area contributed by atoms with Gasteiger partial charge in [0, 0.05) is 5.56 Å². The predicted molar refractivity (Wildman–Crippen MR) is 73.1 cm³/mol. The standard InChI is InChI=1S/C14H9F3N2S/c1-7-8(15)3-2-4-11(7)19-13-10(18-14(19)20)6-5-9(16)12(13)17/h2-6H,1H3,(H,18,20). The van der Waals surface area contributed by atoms with Gasteiger partial charge in [0.2, 0.25) is 0 Å². The lowest BCUT2D eigenvalue weighted by Gasteiger charge is -2.09. The number of aromatic nitrogens is 2. The summed E-state index contributed by atoms with van der Waals surface area (Å²) in [5, 5.41) is 0. The fourth-order valence-electron chi connectivity index (χ4n) is 2.20. The van der Waals surface area contributed by atoms with Gasteiger partial charge >= 0.3 is 0 Å². The summed E-state index contributed by atoms with van der Waals surface area (Å²) >= 11 is 5.14. The van der Waals surface area contributed by atoms with E-state index in [-0.39, 0.29) is 10.3 Å². The van der Waals surface area contributed by atoms with E-state index in [1.807, 2.05) is 0 Å². The summed E-state index contributed by atoms with van der Waals surface area (Å²) in [6.45, 7) is 1.56. The molecule has 0 fully saturated rings. The van der Waals surface area contributed by atoms with Gasteiger partial charge in [-0.15, -0.1) is 0 Å². The maximum atomic E-state index is 14.0. The summed E-state index contributed by atoms with van der Waals surface area (Å²) < 4.78 is 42.6. The second kappa shape index (κ2) is 4.49. The molecule has 3 aromatic rings. The van der Waals surface area contributed by atoms with E-state index in [2.05, 4.69) is 4.98 Å². The monoisotopic (exact) mass is 294 g/mol. The molecule has 0 aliphatic heterocycles. The second-order valence-electron chi connectivity index (χ2n) is 4.41. The fourth-order valence-corrected chi connectivity index (χ4v) is 2.50. The Morgan fingerprint density at radius 3 is 2.55 bits per heavy atom. The van der Waals surface area contributed by atoms with Crippen molar-refractivity contribution >= 4 is 23.3 Å². The number of benzene rings is 2. The van der Waals surface area contributed by atoms with Crippen LogP contribution in [0.25, 0.3) is 16.7 Å². The zero-order valence-electron chi connectivity index (χ0n) is 10.4. The maximum Gasteiger partial charge on any atom is 0.184 e. The van der Waals surface area contributed by atoms with Crippen LogP contribution in [0.5, 0.6) is 0 Å². The average Bonchev–Trinajstić information content (AvgIpc) is 2.75. The van der Waals surface area contributed by atoms with E-state index in [0.717, 1.165) is 6.07 Å². The molecule has 6 heteroatoms. The summed E-state index contributed by atoms with van der Waals surface area (Å²) in [5.41, 5.74) is 1.03. The Balaban J connectivity index is 2.48. The van der Waals surface area contributed by atoms with Gasteiger partial charge in [-0.25, -0.2) is 13.2 Å². The van der Waals surface area contributed by atoms with Crippen LogP contribution in [0.15, 0.2) is 30.3 Å². The van der Waals surface area contributed by atoms with Crippen LogP contribution in [-0.4, -0.2) is 9.55 Å². The van der Waals surface area contributed by atoms with E-state index in [0.29, 0.717) is 16.8 Å². The molecule has 0 aliphatic carbocycles. The van der Waals surface area contributed by atoms with Crippen LogP contribution < -0.4 is 0 Å². The highest BCUT2D eigenvalue weighted by atomic mass is 32.1. The summed E-state index contributed by atoms with van der Waals surface area (Å²) in [5.74, 6) is -2.43. The van der Waals surface area contributed by atoms with Crippen molar-refractivity contribution in [3.63, 3.8) is 0 Å². The van der Waals surface area contributed by atoms with Crippen LogP contribution in [0.2, 0.25) is 0 Å². The summed E-state index contributed by atoms with van der Waals surface area (Å²) in [6, 6.07) is 6.82. The molecule has 0 unspecified atom stereocenters. The number of aromatic amines is 1. The molecule has 1 aromatic heterocycles. The molecule has 0 amide bonds. The van der Waals surface area contributed by atoms with Gasteiger partial charge in [-0.1, -0.05) is 6.07 Å². The van der Waals surface area contributed by atoms with E-state index in [9.17, 15) is 13.2 Å². The minimum atomic E-state index is -1.02. The van der Waals surface area contributed by atoms with Gasteiger partial charge < -0.3 is 4.98 Å². The molecule has 0 saturated heterocycles. The number of halogens is 3. The third-order valence-electron chi connectivity index (χ3n) is 3.22. The highest BCUT2D eigenvalue weighted by Gasteiger charge is 2.16. The van der Waals surface area contributed by atoms with Crippen LogP contribution in [0, 0.1) is 29.1 Å². The number of fused-ring (bicyclic) bond motifs is 1. The van der Waals surface area contributed by atoms with Crippen LogP contribution in [-0.2, 0) is 0 Å². The molecule has 0 spiro atoms. The first-order valence-electron chi connectivity index (χ1n) is 5.85. The quantitative estimate of drug-likeness (QED) is 0.659. The van der Waals surface area contributed by atoms with Gasteiger partial charge in [-0.2, -0.15) is 0 Å². The average molecular weight is 294 g/mol. The number of rotatable bonds is 1. The second-order valence-corrected chi connectivity index (χ2v) is 4.79. The predicted octanol–water partition coefficient (Wildman–Crippen LogP) is 4.41. The first kappa shape index (κ1) is 12.9. The topological polar surface area (TPSA) is 20.7 Å². The fraction of sp³-hybridized carbons (Fsp3) is 0.0714. The van der Waals surface area contributed by atoms with Gasteiger partial charge in [-0.3, -0.25) is 4.57 Å². The zero-order valence-corrected chi connectivity index (χ0v) is 11.2. The van der Waals surface area contributed by atoms with Crippen molar-refractivity contribution in [1.82, 2.24) is 9.55 Å². The van der Waals surface area contributed by atoms with Crippen LogP contribution in [0.4, 0.5) is 13.2 Å². The molecular weight excluding hydrogens is 285 g/mol. The number of hydrogen-bond donors (Lipinski definition) is 1. The summed E-state index contributed by atoms with van der Waals surface area (Å²) in [4.78, 5) is 2.79. The van der Waals surface area contributed by atoms with E-state index >= 15 is 0 Å². The van der Waals surface area contributed by atoms with E-state index in [1.54, 1.807) is 13.0 Å². The molecule has 2 aromatic carbocycles. The Hall–Kier alpha value is -2.08. The van der Waals surface area contributed by atoms with Crippen molar-refractivity contribution in [2.75, 3.05) is 0 Å². The SMILES string of the molecule is Cc1c(F)cccc1-n1c(=S)[nH]c2ccc(F)c(F)c21. The third kappa shape index (κ3) is 1.76. The highest BCUT2D eigenvalue weighted by molar-refractivity contribution is 7.71. The van der Waals surface area contributed by atoms with Gasteiger partial charge in [-0.05, 0) is 43.4 Å². The number of imidazole rings is 1. The van der Waals surface area contributed by atoms with Crippen molar-refractivity contribution in [3.8, 4) is 5.69 Å². The number of nitrogens with zero attached hydrogens (tertiary/aromatic N) is 1. The largest absolute Gasteiger partial charge is 0.330 e. The number of H-pyrrole nitrogens is 1. The van der Waals surface area contributed by atoms with E-state index in [1.165, 1.54) is 22.8 Å². The van der Waals surface area contributed by atoms with Crippen LogP contribution in [0.3, 0.4) is 0 Å². The van der Waals surface area contributed by atoms with Crippen molar-refractivity contribution in [2.45, 2.75) is 6.92 Å². The molecule has 0 bridgehead atoms.